The molecule has 1 aliphatic rings. The molecule has 0 aromatic carbocycles. The van der Waals surface area contributed by atoms with E-state index in [1.54, 1.807) is 0 Å². The van der Waals surface area contributed by atoms with Crippen LogP contribution in [0.4, 0.5) is 0 Å². The molecule has 2 rings (SSSR count). The van der Waals surface area contributed by atoms with Crippen LogP contribution in [0.3, 0.4) is 0 Å². The molecule has 108 valence electrons. The Kier molecular flexibility index (Phi) is 5.42. The Hall–Kier alpha value is -0.390. The first-order chi connectivity index (χ1) is 9.17. The minimum atomic E-state index is 0.230. The van der Waals surface area contributed by atoms with Crippen molar-refractivity contribution in [3.05, 3.63) is 15.9 Å². The highest BCUT2D eigenvalue weighted by Gasteiger charge is 2.24. The zero-order chi connectivity index (χ0) is 13.8. The number of hydrogen-bond acceptors (Lipinski definition) is 3. The average molecular weight is 330 g/mol. The summed E-state index contributed by atoms with van der Waals surface area (Å²) in [5.74, 6) is 0. The summed E-state index contributed by atoms with van der Waals surface area (Å²) >= 11 is 3.66. The first-order valence-electron chi connectivity index (χ1n) is 7.24. The summed E-state index contributed by atoms with van der Waals surface area (Å²) in [7, 11) is 0. The van der Waals surface area contributed by atoms with Crippen LogP contribution in [-0.2, 0) is 13.1 Å². The lowest BCUT2D eigenvalue weighted by Crippen LogP contribution is -2.35. The van der Waals surface area contributed by atoms with Gasteiger partial charge < -0.3 is 5.11 Å². The molecule has 5 heteroatoms. The summed E-state index contributed by atoms with van der Waals surface area (Å²) in [5, 5.41) is 13.8. The molecule has 1 N–H and O–H groups in total. The van der Waals surface area contributed by atoms with E-state index < -0.39 is 0 Å². The topological polar surface area (TPSA) is 41.3 Å². The van der Waals surface area contributed by atoms with Gasteiger partial charge in [-0.05, 0) is 42.6 Å². The Morgan fingerprint density at radius 1 is 1.42 bits per heavy atom. The van der Waals surface area contributed by atoms with Crippen LogP contribution in [0.2, 0.25) is 0 Å². The number of aliphatic hydroxyl groups excluding tert-OH is 1. The largest absolute Gasteiger partial charge is 0.395 e. The third-order valence-electron chi connectivity index (χ3n) is 4.03. The van der Waals surface area contributed by atoms with Crippen LogP contribution in [0.5, 0.6) is 0 Å². The third kappa shape index (κ3) is 3.38. The van der Waals surface area contributed by atoms with Gasteiger partial charge in [-0.2, -0.15) is 5.10 Å². The van der Waals surface area contributed by atoms with Crippen LogP contribution in [0.15, 0.2) is 4.47 Å². The summed E-state index contributed by atoms with van der Waals surface area (Å²) < 4.78 is 3.19. The first kappa shape index (κ1) is 15.0. The SMILES string of the molecule is CCn1nc(C)c(Br)c1CN(CCO)C1CCCC1. The van der Waals surface area contributed by atoms with E-state index >= 15 is 0 Å². The Balaban J connectivity index is 2.16. The van der Waals surface area contributed by atoms with Crippen LogP contribution in [-0.4, -0.2) is 39.0 Å². The second-order valence-corrected chi connectivity index (χ2v) is 6.09. The molecule has 1 aliphatic carbocycles. The molecule has 1 fully saturated rings. The van der Waals surface area contributed by atoms with Gasteiger partial charge in [0.1, 0.15) is 0 Å². The van der Waals surface area contributed by atoms with Crippen LogP contribution < -0.4 is 0 Å². The van der Waals surface area contributed by atoms with E-state index in [1.165, 1.54) is 31.4 Å². The maximum atomic E-state index is 9.30. The number of hydrogen-bond donors (Lipinski definition) is 1. The fraction of sp³-hybridized carbons (Fsp3) is 0.786. The molecular formula is C14H24BrN3O. The van der Waals surface area contributed by atoms with Gasteiger partial charge in [0.05, 0.1) is 22.5 Å². The number of aromatic nitrogens is 2. The quantitative estimate of drug-likeness (QED) is 0.872. The smallest absolute Gasteiger partial charge is 0.0739 e. The minimum Gasteiger partial charge on any atom is -0.395 e. The molecule has 0 radical (unpaired) electrons. The molecule has 4 nitrogen and oxygen atoms in total. The lowest BCUT2D eigenvalue weighted by Gasteiger charge is -2.28. The zero-order valence-corrected chi connectivity index (χ0v) is 13.5. The van der Waals surface area contributed by atoms with Gasteiger partial charge in [-0.1, -0.05) is 12.8 Å². The summed E-state index contributed by atoms with van der Waals surface area (Å²) in [4.78, 5) is 2.42. The van der Waals surface area contributed by atoms with Gasteiger partial charge >= 0.3 is 0 Å². The molecule has 19 heavy (non-hydrogen) atoms. The predicted molar refractivity (Wildman–Crippen MR) is 80.1 cm³/mol. The lowest BCUT2D eigenvalue weighted by atomic mass is 10.2. The molecule has 1 aromatic rings. The first-order valence-corrected chi connectivity index (χ1v) is 8.03. The number of rotatable bonds is 6. The normalized spacial score (nSPS) is 16.7. The van der Waals surface area contributed by atoms with E-state index in [0.717, 1.165) is 29.8 Å². The van der Waals surface area contributed by atoms with E-state index in [0.29, 0.717) is 6.04 Å². The summed E-state index contributed by atoms with van der Waals surface area (Å²) in [6.07, 6.45) is 5.16. The Bertz CT molecular complexity index is 413. The van der Waals surface area contributed by atoms with Crippen molar-refractivity contribution >= 4 is 15.9 Å². The Labute approximate surface area is 123 Å². The molecule has 0 aliphatic heterocycles. The van der Waals surface area contributed by atoms with Crippen LogP contribution >= 0.6 is 15.9 Å². The molecule has 1 aromatic heterocycles. The van der Waals surface area contributed by atoms with Gasteiger partial charge in [0.15, 0.2) is 0 Å². The van der Waals surface area contributed by atoms with Crippen molar-refractivity contribution in [2.45, 2.75) is 58.7 Å². The van der Waals surface area contributed by atoms with Crippen molar-refractivity contribution in [1.29, 1.82) is 0 Å². The molecule has 1 saturated carbocycles. The number of aliphatic hydroxyl groups is 1. The van der Waals surface area contributed by atoms with E-state index in [9.17, 15) is 5.11 Å². The molecule has 0 unspecified atom stereocenters. The van der Waals surface area contributed by atoms with Gasteiger partial charge in [-0.15, -0.1) is 0 Å². The van der Waals surface area contributed by atoms with Crippen LogP contribution in [0.25, 0.3) is 0 Å². The highest BCUT2D eigenvalue weighted by molar-refractivity contribution is 9.10. The molecule has 1 heterocycles. The highest BCUT2D eigenvalue weighted by Crippen LogP contribution is 2.28. The van der Waals surface area contributed by atoms with Crippen molar-refractivity contribution in [3.8, 4) is 0 Å². The average Bonchev–Trinajstić information content (AvgIpc) is 3.01. The zero-order valence-electron chi connectivity index (χ0n) is 11.9. The minimum absolute atomic E-state index is 0.230. The Morgan fingerprint density at radius 2 is 2.11 bits per heavy atom. The third-order valence-corrected chi connectivity index (χ3v) is 5.07. The van der Waals surface area contributed by atoms with Gasteiger partial charge in [-0.25, -0.2) is 0 Å². The van der Waals surface area contributed by atoms with Crippen molar-refractivity contribution in [1.82, 2.24) is 14.7 Å². The summed E-state index contributed by atoms with van der Waals surface area (Å²) in [6, 6.07) is 0.625. The van der Waals surface area contributed by atoms with Gasteiger partial charge in [0, 0.05) is 25.7 Å². The molecule has 0 saturated heterocycles. The molecular weight excluding hydrogens is 306 g/mol. The number of nitrogens with zero attached hydrogens (tertiary/aromatic N) is 3. The molecule has 0 atom stereocenters. The monoisotopic (exact) mass is 329 g/mol. The second-order valence-electron chi connectivity index (χ2n) is 5.29. The molecule has 0 amide bonds. The van der Waals surface area contributed by atoms with Crippen LogP contribution in [0.1, 0.15) is 44.0 Å². The van der Waals surface area contributed by atoms with Gasteiger partial charge in [0.2, 0.25) is 0 Å². The summed E-state index contributed by atoms with van der Waals surface area (Å²) in [5.41, 5.74) is 2.28. The van der Waals surface area contributed by atoms with E-state index in [2.05, 4.69) is 37.5 Å². The van der Waals surface area contributed by atoms with Crippen molar-refractivity contribution in [2.75, 3.05) is 13.2 Å². The van der Waals surface area contributed by atoms with Crippen molar-refractivity contribution < 1.29 is 5.11 Å². The standard InChI is InChI=1S/C14H24BrN3O/c1-3-18-13(14(15)11(2)16-18)10-17(8-9-19)12-6-4-5-7-12/h12,19H,3-10H2,1-2H3. The number of halogens is 1. The fourth-order valence-electron chi connectivity index (χ4n) is 3.00. The van der Waals surface area contributed by atoms with Crippen molar-refractivity contribution in [3.63, 3.8) is 0 Å². The summed E-state index contributed by atoms with van der Waals surface area (Å²) in [6.45, 7) is 6.90. The van der Waals surface area contributed by atoms with Gasteiger partial charge in [-0.3, -0.25) is 9.58 Å². The van der Waals surface area contributed by atoms with E-state index in [4.69, 9.17) is 0 Å². The number of aryl methyl sites for hydroxylation is 2. The molecule has 0 spiro atoms. The van der Waals surface area contributed by atoms with E-state index in [1.807, 2.05) is 6.92 Å². The fourth-order valence-corrected chi connectivity index (χ4v) is 3.41. The highest BCUT2D eigenvalue weighted by atomic mass is 79.9. The lowest BCUT2D eigenvalue weighted by molar-refractivity contribution is 0.141. The van der Waals surface area contributed by atoms with Crippen LogP contribution in [0, 0.1) is 6.92 Å². The second kappa shape index (κ2) is 6.86. The molecule has 0 bridgehead atoms. The van der Waals surface area contributed by atoms with Crippen molar-refractivity contribution in [2.24, 2.45) is 0 Å². The van der Waals surface area contributed by atoms with E-state index in [-0.39, 0.29) is 6.61 Å². The maximum absolute atomic E-state index is 9.30. The predicted octanol–water partition coefficient (Wildman–Crippen LogP) is 2.71. The van der Waals surface area contributed by atoms with Gasteiger partial charge in [0.25, 0.3) is 0 Å². The maximum Gasteiger partial charge on any atom is 0.0739 e. The Morgan fingerprint density at radius 3 is 2.68 bits per heavy atom.